The first-order valence-electron chi connectivity index (χ1n) is 3.26. The molecular weight excluding hydrogens is 160 g/mol. The minimum absolute atomic E-state index is 0.218. The van der Waals surface area contributed by atoms with E-state index < -0.39 is 5.76 Å². The number of nitrogen functional groups attached to an aromatic ring is 1. The van der Waals surface area contributed by atoms with Crippen molar-refractivity contribution in [3.8, 4) is 0 Å². The van der Waals surface area contributed by atoms with Crippen LogP contribution in [-0.2, 0) is 7.05 Å². The molecule has 0 fully saturated rings. The highest BCUT2D eigenvalue weighted by Crippen LogP contribution is 2.12. The van der Waals surface area contributed by atoms with Gasteiger partial charge in [0.1, 0.15) is 6.33 Å². The second-order valence-corrected chi connectivity index (χ2v) is 2.34. The maximum Gasteiger partial charge on any atom is 0.421 e. The van der Waals surface area contributed by atoms with E-state index in [0.717, 1.165) is 0 Å². The van der Waals surface area contributed by atoms with Crippen molar-refractivity contribution in [3.05, 3.63) is 16.9 Å². The average Bonchev–Trinajstić information content (AvgIpc) is 2.29. The summed E-state index contributed by atoms with van der Waals surface area (Å²) in [5, 5.41) is 0. The predicted molar refractivity (Wildman–Crippen MR) is 41.5 cm³/mol. The lowest BCUT2D eigenvalue weighted by atomic mass is 10.5. The van der Waals surface area contributed by atoms with Gasteiger partial charge in [-0.05, 0) is 0 Å². The Morgan fingerprint density at radius 3 is 3.00 bits per heavy atom. The normalized spacial score (nSPS) is 10.8. The maximum absolute atomic E-state index is 11.0. The van der Waals surface area contributed by atoms with Crippen molar-refractivity contribution in [1.29, 1.82) is 0 Å². The Balaban J connectivity index is 3.07. The van der Waals surface area contributed by atoms with Crippen LogP contribution in [0.3, 0.4) is 0 Å². The fraction of sp³-hybridized carbons (Fsp3) is 0.167. The molecule has 0 amide bonds. The van der Waals surface area contributed by atoms with Gasteiger partial charge < -0.3 is 10.2 Å². The zero-order valence-corrected chi connectivity index (χ0v) is 6.31. The molecule has 12 heavy (non-hydrogen) atoms. The SMILES string of the molecule is Cn1c(=O)oc2ncnc(N)c21. The molecule has 62 valence electrons. The van der Waals surface area contributed by atoms with E-state index in [2.05, 4.69) is 9.97 Å². The number of fused-ring (bicyclic) bond motifs is 1. The van der Waals surface area contributed by atoms with E-state index in [1.165, 1.54) is 10.9 Å². The van der Waals surface area contributed by atoms with Gasteiger partial charge in [-0.15, -0.1) is 0 Å². The predicted octanol–water partition coefficient (Wildman–Crippen LogP) is -0.496. The van der Waals surface area contributed by atoms with Crippen LogP contribution in [0.1, 0.15) is 0 Å². The van der Waals surface area contributed by atoms with Gasteiger partial charge in [-0.3, -0.25) is 4.57 Å². The van der Waals surface area contributed by atoms with Crippen LogP contribution in [0.2, 0.25) is 0 Å². The first kappa shape index (κ1) is 6.84. The van der Waals surface area contributed by atoms with Crippen LogP contribution >= 0.6 is 0 Å². The minimum Gasteiger partial charge on any atom is -0.388 e. The number of oxazole rings is 1. The zero-order chi connectivity index (χ0) is 8.72. The van der Waals surface area contributed by atoms with E-state index in [1.54, 1.807) is 7.05 Å². The highest BCUT2D eigenvalue weighted by Gasteiger charge is 2.09. The molecule has 2 aromatic heterocycles. The van der Waals surface area contributed by atoms with Crippen LogP contribution < -0.4 is 11.5 Å². The first-order valence-corrected chi connectivity index (χ1v) is 3.26. The van der Waals surface area contributed by atoms with Crippen LogP contribution in [0.4, 0.5) is 5.82 Å². The fourth-order valence-corrected chi connectivity index (χ4v) is 1.01. The summed E-state index contributed by atoms with van der Waals surface area (Å²) in [4.78, 5) is 18.4. The Labute approximate surface area is 66.6 Å². The smallest absolute Gasteiger partial charge is 0.388 e. The fourth-order valence-electron chi connectivity index (χ4n) is 1.01. The summed E-state index contributed by atoms with van der Waals surface area (Å²) in [5.41, 5.74) is 6.15. The standard InChI is InChI=1S/C6H6N4O2/c1-10-3-4(7)8-2-9-5(3)12-6(10)11/h2H,1H3,(H2,7,8,9). The molecule has 0 saturated heterocycles. The van der Waals surface area contributed by atoms with Gasteiger partial charge in [0.25, 0.3) is 5.71 Å². The number of rotatable bonds is 0. The van der Waals surface area contributed by atoms with Crippen LogP contribution in [0, 0.1) is 0 Å². The molecular formula is C6H6N4O2. The average molecular weight is 166 g/mol. The maximum atomic E-state index is 11.0. The van der Waals surface area contributed by atoms with Crippen LogP contribution in [0.25, 0.3) is 11.2 Å². The monoisotopic (exact) mass is 166 g/mol. The van der Waals surface area contributed by atoms with Gasteiger partial charge in [-0.2, -0.15) is 4.98 Å². The molecule has 0 atom stereocenters. The van der Waals surface area contributed by atoms with Crippen molar-refractivity contribution >= 4 is 17.0 Å². The van der Waals surface area contributed by atoms with E-state index in [0.29, 0.717) is 5.52 Å². The van der Waals surface area contributed by atoms with Crippen LogP contribution in [0.15, 0.2) is 15.5 Å². The molecule has 2 aromatic rings. The highest BCUT2D eigenvalue weighted by atomic mass is 16.4. The summed E-state index contributed by atoms with van der Waals surface area (Å²) in [7, 11) is 1.55. The summed E-state index contributed by atoms with van der Waals surface area (Å²) in [6.45, 7) is 0. The summed E-state index contributed by atoms with van der Waals surface area (Å²) >= 11 is 0. The third-order valence-corrected chi connectivity index (χ3v) is 1.61. The van der Waals surface area contributed by atoms with Gasteiger partial charge in [-0.1, -0.05) is 0 Å². The Bertz CT molecular complexity index is 484. The van der Waals surface area contributed by atoms with E-state index in [9.17, 15) is 4.79 Å². The molecule has 0 radical (unpaired) electrons. The van der Waals surface area contributed by atoms with Gasteiger partial charge in [-0.25, -0.2) is 9.78 Å². The van der Waals surface area contributed by atoms with Crippen molar-refractivity contribution in [2.24, 2.45) is 7.05 Å². The Hall–Kier alpha value is -1.85. The van der Waals surface area contributed by atoms with Gasteiger partial charge in [0, 0.05) is 7.05 Å². The van der Waals surface area contributed by atoms with Crippen molar-refractivity contribution in [2.45, 2.75) is 0 Å². The minimum atomic E-state index is -0.489. The largest absolute Gasteiger partial charge is 0.421 e. The van der Waals surface area contributed by atoms with Gasteiger partial charge in [0.2, 0.25) is 0 Å². The lowest BCUT2D eigenvalue weighted by molar-refractivity contribution is 0.520. The Morgan fingerprint density at radius 1 is 1.58 bits per heavy atom. The summed E-state index contributed by atoms with van der Waals surface area (Å²) in [5.74, 6) is -0.245. The highest BCUT2D eigenvalue weighted by molar-refractivity contribution is 5.79. The molecule has 2 N–H and O–H groups in total. The molecule has 0 saturated carbocycles. The topological polar surface area (TPSA) is 86.9 Å². The molecule has 0 aromatic carbocycles. The number of anilines is 1. The number of nitrogens with two attached hydrogens (primary N) is 1. The Kier molecular flexibility index (Phi) is 1.18. The number of nitrogens with zero attached hydrogens (tertiary/aromatic N) is 3. The quantitative estimate of drug-likeness (QED) is 0.570. The summed E-state index contributed by atoms with van der Waals surface area (Å²) in [6, 6.07) is 0. The van der Waals surface area contributed by atoms with E-state index in [-0.39, 0.29) is 11.5 Å². The number of aromatic nitrogens is 3. The molecule has 6 heteroatoms. The number of aryl methyl sites for hydroxylation is 1. The van der Waals surface area contributed by atoms with Crippen LogP contribution in [0.5, 0.6) is 0 Å². The molecule has 0 aliphatic heterocycles. The van der Waals surface area contributed by atoms with Crippen LogP contribution in [-0.4, -0.2) is 14.5 Å². The first-order chi connectivity index (χ1) is 5.70. The van der Waals surface area contributed by atoms with Crippen molar-refractivity contribution in [3.63, 3.8) is 0 Å². The third-order valence-electron chi connectivity index (χ3n) is 1.61. The molecule has 0 aliphatic carbocycles. The number of hydrogen-bond donors (Lipinski definition) is 1. The lowest BCUT2D eigenvalue weighted by Gasteiger charge is -1.92. The molecule has 2 rings (SSSR count). The second kappa shape index (κ2) is 2.07. The van der Waals surface area contributed by atoms with E-state index >= 15 is 0 Å². The molecule has 0 aliphatic rings. The molecule has 0 bridgehead atoms. The molecule has 2 heterocycles. The van der Waals surface area contributed by atoms with Crippen molar-refractivity contribution < 1.29 is 4.42 Å². The van der Waals surface area contributed by atoms with Gasteiger partial charge >= 0.3 is 5.76 Å². The third kappa shape index (κ3) is 0.714. The lowest BCUT2D eigenvalue weighted by Crippen LogP contribution is -2.09. The summed E-state index contributed by atoms with van der Waals surface area (Å²) < 4.78 is 6.02. The van der Waals surface area contributed by atoms with Crippen molar-refractivity contribution in [2.75, 3.05) is 5.73 Å². The Morgan fingerprint density at radius 2 is 2.33 bits per heavy atom. The van der Waals surface area contributed by atoms with Crippen molar-refractivity contribution in [1.82, 2.24) is 14.5 Å². The van der Waals surface area contributed by atoms with E-state index in [1.807, 2.05) is 0 Å². The summed E-state index contributed by atoms with van der Waals surface area (Å²) in [6.07, 6.45) is 1.25. The molecule has 6 nitrogen and oxygen atoms in total. The molecule has 0 unspecified atom stereocenters. The van der Waals surface area contributed by atoms with E-state index in [4.69, 9.17) is 10.2 Å². The zero-order valence-electron chi connectivity index (χ0n) is 6.31. The number of hydrogen-bond acceptors (Lipinski definition) is 5. The second-order valence-electron chi connectivity index (χ2n) is 2.34. The molecule has 0 spiro atoms. The van der Waals surface area contributed by atoms with Gasteiger partial charge in [0.15, 0.2) is 11.3 Å². The van der Waals surface area contributed by atoms with Gasteiger partial charge in [0.05, 0.1) is 0 Å².